The summed E-state index contributed by atoms with van der Waals surface area (Å²) in [5.74, 6) is -0.376. The third-order valence-electron chi connectivity index (χ3n) is 5.80. The molecule has 4 rings (SSSR count). The molecule has 0 aliphatic carbocycles. The maximum Gasteiger partial charge on any atom is 0.414 e. The fourth-order valence-corrected chi connectivity index (χ4v) is 4.53. The second-order valence-corrected chi connectivity index (χ2v) is 8.66. The van der Waals surface area contributed by atoms with Gasteiger partial charge in [0.1, 0.15) is 30.4 Å². The lowest BCUT2D eigenvalue weighted by Crippen LogP contribution is -2.62. The van der Waals surface area contributed by atoms with Crippen LogP contribution in [0.1, 0.15) is 12.5 Å². The third-order valence-corrected chi connectivity index (χ3v) is 6.52. The van der Waals surface area contributed by atoms with Crippen molar-refractivity contribution in [3.05, 3.63) is 48.2 Å². The van der Waals surface area contributed by atoms with Gasteiger partial charge in [0.25, 0.3) is 0 Å². The summed E-state index contributed by atoms with van der Waals surface area (Å²) in [6.45, 7) is 5.44. The number of nitrogens with zero attached hydrogens (tertiary/aromatic N) is 2. The van der Waals surface area contributed by atoms with Gasteiger partial charge in [-0.25, -0.2) is 13.7 Å². The summed E-state index contributed by atoms with van der Waals surface area (Å²) in [5.41, 5.74) is 1.75. The molecule has 1 aromatic heterocycles. The number of ether oxygens (including phenoxy) is 1. The van der Waals surface area contributed by atoms with E-state index < -0.39 is 12.2 Å². The topological polar surface area (TPSA) is 66.7 Å². The van der Waals surface area contributed by atoms with Gasteiger partial charge in [-0.3, -0.25) is 4.90 Å². The Morgan fingerprint density at radius 2 is 2.10 bits per heavy atom. The Morgan fingerprint density at radius 3 is 2.74 bits per heavy atom. The van der Waals surface area contributed by atoms with Crippen LogP contribution in [-0.2, 0) is 4.74 Å². The summed E-state index contributed by atoms with van der Waals surface area (Å²) in [4.78, 5) is 15.1. The van der Waals surface area contributed by atoms with Crippen molar-refractivity contribution in [3.8, 4) is 0 Å². The van der Waals surface area contributed by atoms with Gasteiger partial charge in [0.15, 0.2) is 16.5 Å². The minimum absolute atomic E-state index is 0.300. The van der Waals surface area contributed by atoms with E-state index in [9.17, 15) is 4.79 Å². The van der Waals surface area contributed by atoms with E-state index in [4.69, 9.17) is 33.6 Å². The Bertz CT molecular complexity index is 993. The SMILES string of the molecule is CC(=S)[N+]1(c2ccc(N3C[C@H](CNC(=S)c4ccoc4)OC3=O)cc2F)CCNCC1. The lowest BCUT2D eigenvalue weighted by molar-refractivity contribution is 0.143. The van der Waals surface area contributed by atoms with Crippen molar-refractivity contribution in [2.24, 2.45) is 0 Å². The Hall–Kier alpha value is -2.40. The van der Waals surface area contributed by atoms with Crippen molar-refractivity contribution >= 4 is 51.9 Å². The fraction of sp³-hybridized carbons (Fsp3) is 0.381. The standard InChI is InChI=1S/C21H23FN4O3S2/c1-14(30)26(7-5-23-6-8-26)19-3-2-16(10-18(19)22)25-12-17(29-21(25)27)11-24-20(31)15-4-9-28-13-15/h2-4,9-10,13,17,23H,5-8,11-12H2,1H3/p+1/t17-/m0/s1. The van der Waals surface area contributed by atoms with Crippen LogP contribution < -0.4 is 20.0 Å². The van der Waals surface area contributed by atoms with E-state index in [1.165, 1.54) is 17.2 Å². The molecule has 2 aliphatic heterocycles. The quantitative estimate of drug-likeness (QED) is 0.522. The average molecular weight is 464 g/mol. The van der Waals surface area contributed by atoms with Crippen molar-refractivity contribution < 1.29 is 18.3 Å². The van der Waals surface area contributed by atoms with Crippen LogP contribution in [0.5, 0.6) is 0 Å². The minimum Gasteiger partial charge on any atom is -0.472 e. The summed E-state index contributed by atoms with van der Waals surface area (Å²) >= 11 is 10.8. The number of quaternary nitrogens is 1. The van der Waals surface area contributed by atoms with Crippen LogP contribution in [0, 0.1) is 5.82 Å². The first-order chi connectivity index (χ1) is 14.9. The second-order valence-electron chi connectivity index (χ2n) is 7.66. The number of hydrogen-bond donors (Lipinski definition) is 2. The van der Waals surface area contributed by atoms with Crippen LogP contribution in [0.3, 0.4) is 0 Å². The number of cyclic esters (lactones) is 1. The molecule has 2 aliphatic rings. The van der Waals surface area contributed by atoms with E-state index in [2.05, 4.69) is 10.6 Å². The van der Waals surface area contributed by atoms with Gasteiger partial charge in [0, 0.05) is 37.7 Å². The van der Waals surface area contributed by atoms with Crippen LogP contribution in [0.25, 0.3) is 0 Å². The summed E-state index contributed by atoms with van der Waals surface area (Å²) in [6.07, 6.45) is 2.17. The van der Waals surface area contributed by atoms with Crippen molar-refractivity contribution in [1.82, 2.24) is 15.1 Å². The highest BCUT2D eigenvalue weighted by Gasteiger charge is 2.39. The zero-order valence-corrected chi connectivity index (χ0v) is 18.7. The van der Waals surface area contributed by atoms with Gasteiger partial charge in [0.05, 0.1) is 25.0 Å². The molecular weight excluding hydrogens is 439 g/mol. The number of halogens is 1. The molecule has 164 valence electrons. The third kappa shape index (κ3) is 4.33. The molecule has 1 aromatic carbocycles. The van der Waals surface area contributed by atoms with E-state index in [0.29, 0.717) is 47.0 Å². The van der Waals surface area contributed by atoms with Crippen molar-refractivity contribution in [2.45, 2.75) is 13.0 Å². The molecule has 0 unspecified atom stereocenters. The molecule has 3 heterocycles. The summed E-state index contributed by atoms with van der Waals surface area (Å²) in [7, 11) is 0. The van der Waals surface area contributed by atoms with Crippen molar-refractivity contribution in [3.63, 3.8) is 0 Å². The van der Waals surface area contributed by atoms with Crippen LogP contribution in [0.4, 0.5) is 20.6 Å². The molecule has 10 heteroatoms. The van der Waals surface area contributed by atoms with E-state index >= 15 is 4.39 Å². The van der Waals surface area contributed by atoms with Crippen LogP contribution in [-0.4, -0.2) is 61.4 Å². The molecule has 31 heavy (non-hydrogen) atoms. The molecule has 0 saturated carbocycles. The number of anilines is 1. The molecule has 0 radical (unpaired) electrons. The molecule has 2 saturated heterocycles. The highest BCUT2D eigenvalue weighted by molar-refractivity contribution is 7.80. The maximum atomic E-state index is 15.2. The Morgan fingerprint density at radius 1 is 1.32 bits per heavy atom. The number of carbonyl (C=O) groups is 1. The second kappa shape index (κ2) is 8.99. The predicted octanol–water partition coefficient (Wildman–Crippen LogP) is 2.97. The normalized spacial score (nSPS) is 20.4. The van der Waals surface area contributed by atoms with Gasteiger partial charge in [-0.1, -0.05) is 12.2 Å². The largest absolute Gasteiger partial charge is 0.472 e. The molecule has 7 nitrogen and oxygen atoms in total. The van der Waals surface area contributed by atoms with E-state index in [1.54, 1.807) is 24.5 Å². The minimum atomic E-state index is -0.509. The number of rotatable bonds is 5. The first-order valence-electron chi connectivity index (χ1n) is 10.1. The Balaban J connectivity index is 1.46. The average Bonchev–Trinajstić information content (AvgIpc) is 3.42. The Kier molecular flexibility index (Phi) is 6.33. The van der Waals surface area contributed by atoms with Gasteiger partial charge in [-0.15, -0.1) is 0 Å². The molecule has 2 fully saturated rings. The maximum absolute atomic E-state index is 15.2. The van der Waals surface area contributed by atoms with Crippen molar-refractivity contribution in [2.75, 3.05) is 44.2 Å². The van der Waals surface area contributed by atoms with E-state index in [-0.39, 0.29) is 5.82 Å². The highest BCUT2D eigenvalue weighted by Crippen LogP contribution is 2.32. The lowest BCUT2D eigenvalue weighted by Gasteiger charge is -2.40. The number of nitrogens with one attached hydrogen (secondary N) is 2. The van der Waals surface area contributed by atoms with E-state index in [1.807, 2.05) is 6.92 Å². The van der Waals surface area contributed by atoms with Crippen LogP contribution in [0.2, 0.25) is 0 Å². The zero-order chi connectivity index (χ0) is 22.0. The number of piperazine rings is 1. The van der Waals surface area contributed by atoms with Gasteiger partial charge >= 0.3 is 6.09 Å². The van der Waals surface area contributed by atoms with Gasteiger partial charge in [0.2, 0.25) is 0 Å². The molecule has 2 aromatic rings. The fourth-order valence-electron chi connectivity index (χ4n) is 4.05. The number of thiocarbonyl (C=S) groups is 2. The molecule has 0 spiro atoms. The molecule has 2 N–H and O–H groups in total. The van der Waals surface area contributed by atoms with Gasteiger partial charge in [-0.05, 0) is 24.4 Å². The molecule has 1 amide bonds. The number of carbonyl (C=O) groups excluding carboxylic acids is 1. The zero-order valence-electron chi connectivity index (χ0n) is 17.1. The molecule has 1 atom stereocenters. The van der Waals surface area contributed by atoms with E-state index in [0.717, 1.165) is 23.6 Å². The molecular formula is C21H24FN4O3S2+. The number of benzene rings is 1. The van der Waals surface area contributed by atoms with Crippen LogP contribution >= 0.6 is 24.4 Å². The van der Waals surface area contributed by atoms with Crippen LogP contribution in [0.15, 0.2) is 41.2 Å². The summed E-state index contributed by atoms with van der Waals surface area (Å²) in [6, 6.07) is 6.63. The predicted molar refractivity (Wildman–Crippen MR) is 125 cm³/mol. The smallest absolute Gasteiger partial charge is 0.414 e. The Labute approximate surface area is 190 Å². The number of furan rings is 1. The number of hydrogen-bond acceptors (Lipinski definition) is 6. The monoisotopic (exact) mass is 463 g/mol. The highest BCUT2D eigenvalue weighted by atomic mass is 32.1. The first-order valence-corrected chi connectivity index (χ1v) is 10.9. The van der Waals surface area contributed by atoms with Gasteiger partial charge < -0.3 is 19.8 Å². The van der Waals surface area contributed by atoms with Crippen molar-refractivity contribution in [1.29, 1.82) is 0 Å². The van der Waals surface area contributed by atoms with Gasteiger partial charge in [-0.2, -0.15) is 0 Å². The summed E-state index contributed by atoms with van der Waals surface area (Å²) < 4.78 is 26.0. The first kappa shape index (κ1) is 21.8. The number of amides is 1. The lowest BCUT2D eigenvalue weighted by atomic mass is 10.1. The molecule has 0 bridgehead atoms. The summed E-state index contributed by atoms with van der Waals surface area (Å²) in [5, 5.41) is 6.36.